The summed E-state index contributed by atoms with van der Waals surface area (Å²) in [6.45, 7) is 1.71. The number of nitrogens with two attached hydrogens (primary N) is 1. The monoisotopic (exact) mass is 394 g/mol. The molecule has 1 aliphatic heterocycles. The van der Waals surface area contributed by atoms with Gasteiger partial charge in [-0.2, -0.15) is 4.31 Å². The van der Waals surface area contributed by atoms with Crippen molar-refractivity contribution < 1.29 is 18.0 Å². The van der Waals surface area contributed by atoms with Gasteiger partial charge in [0.05, 0.1) is 4.90 Å². The number of nitrogens with zero attached hydrogens (tertiary/aromatic N) is 2. The molecule has 0 unspecified atom stereocenters. The topological polar surface area (TPSA) is 113 Å². The van der Waals surface area contributed by atoms with Crippen LogP contribution in [-0.4, -0.2) is 62.3 Å². The number of rotatable bonds is 6. The van der Waals surface area contributed by atoms with E-state index in [1.807, 2.05) is 6.07 Å². The number of carbonyl (C=O) groups excluding carboxylic acids is 2. The summed E-state index contributed by atoms with van der Waals surface area (Å²) in [5, 5.41) is 2.45. The fraction of sp³-hybridized carbons (Fsp3) is 0.556. The molecule has 1 aromatic carbocycles. The predicted octanol–water partition coefficient (Wildman–Crippen LogP) is 0.457. The lowest BCUT2D eigenvalue weighted by molar-refractivity contribution is -0.132. The van der Waals surface area contributed by atoms with Gasteiger partial charge in [0.25, 0.3) is 0 Å². The fourth-order valence-corrected chi connectivity index (χ4v) is 5.12. The summed E-state index contributed by atoms with van der Waals surface area (Å²) in [6.07, 6.45) is 3.85. The van der Waals surface area contributed by atoms with E-state index in [1.54, 1.807) is 17.0 Å². The number of primary amides is 1. The van der Waals surface area contributed by atoms with Gasteiger partial charge in [-0.3, -0.25) is 4.79 Å². The average Bonchev–Trinajstić information content (AvgIpc) is 3.13. The summed E-state index contributed by atoms with van der Waals surface area (Å²) in [4.78, 5) is 24.8. The molecule has 1 saturated heterocycles. The van der Waals surface area contributed by atoms with Crippen LogP contribution in [0.4, 0.5) is 4.79 Å². The second-order valence-electron chi connectivity index (χ2n) is 6.96. The number of hydrogen-bond acceptors (Lipinski definition) is 4. The van der Waals surface area contributed by atoms with E-state index in [0.717, 1.165) is 24.8 Å². The van der Waals surface area contributed by atoms with Crippen LogP contribution in [0.3, 0.4) is 0 Å². The molecule has 1 aromatic rings. The van der Waals surface area contributed by atoms with Crippen LogP contribution in [0.5, 0.6) is 0 Å². The molecule has 0 atom stereocenters. The van der Waals surface area contributed by atoms with Gasteiger partial charge in [-0.05, 0) is 48.9 Å². The van der Waals surface area contributed by atoms with Crippen molar-refractivity contribution in [2.45, 2.75) is 37.0 Å². The Bertz CT molecular complexity index is 817. The molecule has 27 heavy (non-hydrogen) atoms. The van der Waals surface area contributed by atoms with Gasteiger partial charge in [0.15, 0.2) is 0 Å². The highest BCUT2D eigenvalue weighted by Crippen LogP contribution is 2.26. The molecule has 148 valence electrons. The first kappa shape index (κ1) is 19.6. The summed E-state index contributed by atoms with van der Waals surface area (Å²) in [6, 6.07) is 4.83. The lowest BCUT2D eigenvalue weighted by Gasteiger charge is -2.34. The minimum atomic E-state index is -3.53. The minimum absolute atomic E-state index is 0.0316. The highest BCUT2D eigenvalue weighted by Gasteiger charge is 2.30. The number of aryl methyl sites for hydroxylation is 2. The van der Waals surface area contributed by atoms with Crippen molar-refractivity contribution in [2.24, 2.45) is 5.73 Å². The Morgan fingerprint density at radius 3 is 2.48 bits per heavy atom. The standard InChI is InChI=1S/C18H26N4O4S/c19-18(24)20-8-2-5-17(23)21-9-11-22(12-10-21)27(25,26)16-7-6-14-3-1-4-15(14)13-16/h6-7,13H,1-5,8-12H2,(H3,19,20,24). The van der Waals surface area contributed by atoms with Crippen molar-refractivity contribution in [3.05, 3.63) is 29.3 Å². The maximum absolute atomic E-state index is 12.9. The van der Waals surface area contributed by atoms with Crippen LogP contribution in [0.15, 0.2) is 23.1 Å². The zero-order valence-corrected chi connectivity index (χ0v) is 16.1. The Morgan fingerprint density at radius 1 is 1.07 bits per heavy atom. The van der Waals surface area contributed by atoms with Crippen LogP contribution in [0, 0.1) is 0 Å². The third kappa shape index (κ3) is 4.59. The summed E-state index contributed by atoms with van der Waals surface area (Å²) < 4.78 is 27.3. The van der Waals surface area contributed by atoms with Crippen LogP contribution in [-0.2, 0) is 27.7 Å². The smallest absolute Gasteiger partial charge is 0.312 e. The van der Waals surface area contributed by atoms with E-state index in [9.17, 15) is 18.0 Å². The van der Waals surface area contributed by atoms with Gasteiger partial charge >= 0.3 is 6.03 Å². The Balaban J connectivity index is 1.53. The Labute approximate surface area is 159 Å². The first-order chi connectivity index (χ1) is 12.9. The van der Waals surface area contributed by atoms with Crippen molar-refractivity contribution >= 4 is 22.0 Å². The number of urea groups is 1. The molecule has 0 aromatic heterocycles. The van der Waals surface area contributed by atoms with Crippen LogP contribution in [0.1, 0.15) is 30.4 Å². The Morgan fingerprint density at radius 2 is 1.78 bits per heavy atom. The summed E-state index contributed by atoms with van der Waals surface area (Å²) in [7, 11) is -3.53. The normalized spacial score (nSPS) is 17.6. The third-order valence-electron chi connectivity index (χ3n) is 5.17. The van der Waals surface area contributed by atoms with Crippen LogP contribution in [0.2, 0.25) is 0 Å². The largest absolute Gasteiger partial charge is 0.352 e. The Hall–Kier alpha value is -2.13. The van der Waals surface area contributed by atoms with Gasteiger partial charge in [-0.1, -0.05) is 6.07 Å². The number of benzene rings is 1. The molecule has 3 rings (SSSR count). The highest BCUT2D eigenvalue weighted by molar-refractivity contribution is 7.89. The zero-order valence-electron chi connectivity index (χ0n) is 15.3. The molecule has 8 nitrogen and oxygen atoms in total. The van der Waals surface area contributed by atoms with Crippen molar-refractivity contribution in [1.29, 1.82) is 0 Å². The molecule has 1 heterocycles. The third-order valence-corrected chi connectivity index (χ3v) is 7.06. The van der Waals surface area contributed by atoms with E-state index in [0.29, 0.717) is 50.5 Å². The fourth-order valence-electron chi connectivity index (χ4n) is 3.64. The Kier molecular flexibility index (Phi) is 6.01. The quantitative estimate of drug-likeness (QED) is 0.682. The molecular formula is C18H26N4O4S. The first-order valence-electron chi connectivity index (χ1n) is 9.31. The second kappa shape index (κ2) is 8.26. The van der Waals surface area contributed by atoms with E-state index in [-0.39, 0.29) is 5.91 Å². The zero-order chi connectivity index (χ0) is 19.4. The van der Waals surface area contributed by atoms with E-state index < -0.39 is 16.1 Å². The number of sulfonamides is 1. The summed E-state index contributed by atoms with van der Waals surface area (Å²) in [5.41, 5.74) is 7.36. The van der Waals surface area contributed by atoms with Crippen LogP contribution in [0.25, 0.3) is 0 Å². The molecular weight excluding hydrogens is 368 g/mol. The maximum atomic E-state index is 12.9. The van der Waals surface area contributed by atoms with Gasteiger partial charge in [-0.25, -0.2) is 13.2 Å². The summed E-state index contributed by atoms with van der Waals surface area (Å²) in [5.74, 6) is -0.0316. The maximum Gasteiger partial charge on any atom is 0.312 e. The second-order valence-corrected chi connectivity index (χ2v) is 8.90. The number of carbonyl (C=O) groups is 2. The lowest BCUT2D eigenvalue weighted by atomic mass is 10.1. The SMILES string of the molecule is NC(=O)NCCCC(=O)N1CCN(S(=O)(=O)c2ccc3c(c2)CCC3)CC1. The summed E-state index contributed by atoms with van der Waals surface area (Å²) >= 11 is 0. The van der Waals surface area contributed by atoms with Crippen molar-refractivity contribution in [3.63, 3.8) is 0 Å². The number of hydrogen-bond donors (Lipinski definition) is 2. The van der Waals surface area contributed by atoms with Gasteiger partial charge in [-0.15, -0.1) is 0 Å². The van der Waals surface area contributed by atoms with Crippen LogP contribution < -0.4 is 11.1 Å². The van der Waals surface area contributed by atoms with Crippen LogP contribution >= 0.6 is 0 Å². The molecule has 2 aliphatic rings. The number of amides is 3. The average molecular weight is 394 g/mol. The highest BCUT2D eigenvalue weighted by atomic mass is 32.2. The van der Waals surface area contributed by atoms with Gasteiger partial charge in [0, 0.05) is 39.1 Å². The molecule has 0 bridgehead atoms. The molecule has 1 fully saturated rings. The number of fused-ring (bicyclic) bond motifs is 1. The molecule has 1 aliphatic carbocycles. The lowest BCUT2D eigenvalue weighted by Crippen LogP contribution is -2.50. The van der Waals surface area contributed by atoms with Gasteiger partial charge in [0.1, 0.15) is 0 Å². The predicted molar refractivity (Wildman–Crippen MR) is 101 cm³/mol. The number of piperazine rings is 1. The van der Waals surface area contributed by atoms with E-state index in [2.05, 4.69) is 5.32 Å². The van der Waals surface area contributed by atoms with Crippen molar-refractivity contribution in [2.75, 3.05) is 32.7 Å². The minimum Gasteiger partial charge on any atom is -0.352 e. The molecule has 0 radical (unpaired) electrons. The molecule has 0 spiro atoms. The van der Waals surface area contributed by atoms with Crippen molar-refractivity contribution in [3.8, 4) is 0 Å². The van der Waals surface area contributed by atoms with E-state index in [1.165, 1.54) is 9.87 Å². The molecule has 3 N–H and O–H groups in total. The molecule has 9 heteroatoms. The van der Waals surface area contributed by atoms with E-state index in [4.69, 9.17) is 5.73 Å². The number of nitrogens with one attached hydrogen (secondary N) is 1. The first-order valence-corrected chi connectivity index (χ1v) is 10.7. The molecule has 0 saturated carbocycles. The van der Waals surface area contributed by atoms with Gasteiger partial charge < -0.3 is 16.0 Å². The van der Waals surface area contributed by atoms with E-state index >= 15 is 0 Å². The van der Waals surface area contributed by atoms with Crippen molar-refractivity contribution in [1.82, 2.24) is 14.5 Å². The molecule has 3 amide bonds. The van der Waals surface area contributed by atoms with Gasteiger partial charge in [0.2, 0.25) is 15.9 Å².